The Hall–Kier alpha value is -0.270. The van der Waals surface area contributed by atoms with Gasteiger partial charge in [-0.05, 0) is 11.6 Å². The van der Waals surface area contributed by atoms with Crippen LogP contribution in [0.4, 0.5) is 8.78 Å². The number of hydrogen-bond acceptors (Lipinski definition) is 3. The summed E-state index contributed by atoms with van der Waals surface area (Å²) in [6.07, 6.45) is -1.88. The van der Waals surface area contributed by atoms with E-state index in [1.54, 1.807) is 0 Å². The van der Waals surface area contributed by atoms with E-state index in [2.05, 4.69) is 20.9 Å². The number of pyridine rings is 1. The Balaban J connectivity index is 3.32. The Morgan fingerprint density at radius 1 is 1.53 bits per heavy atom. The maximum absolute atomic E-state index is 12.4. The third-order valence-corrected chi connectivity index (χ3v) is 3.43. The Bertz CT molecular complexity index is 466. The van der Waals surface area contributed by atoms with Gasteiger partial charge in [-0.1, -0.05) is 15.9 Å². The summed E-state index contributed by atoms with van der Waals surface area (Å²) in [7, 11) is 1.04. The highest BCUT2D eigenvalue weighted by atomic mass is 79.9. The van der Waals surface area contributed by atoms with E-state index in [9.17, 15) is 17.2 Å². The Labute approximate surface area is 98.0 Å². The van der Waals surface area contributed by atoms with Crippen molar-refractivity contribution < 1.29 is 17.2 Å². The minimum absolute atomic E-state index is 0.106. The fourth-order valence-electron chi connectivity index (χ4n) is 0.931. The lowest BCUT2D eigenvalue weighted by Gasteiger charge is -2.06. The van der Waals surface area contributed by atoms with Crippen molar-refractivity contribution in [2.24, 2.45) is 0 Å². The first-order valence-corrected chi connectivity index (χ1v) is 7.07. The molecule has 3 nitrogen and oxygen atoms in total. The molecule has 0 spiro atoms. The second kappa shape index (κ2) is 4.71. The van der Waals surface area contributed by atoms with E-state index in [1.807, 2.05) is 0 Å². The van der Waals surface area contributed by atoms with Crippen LogP contribution >= 0.6 is 26.6 Å². The topological polar surface area (TPSA) is 47.0 Å². The molecule has 15 heavy (non-hydrogen) atoms. The zero-order valence-corrected chi connectivity index (χ0v) is 10.3. The first-order valence-electron chi connectivity index (χ1n) is 3.64. The predicted molar refractivity (Wildman–Crippen MR) is 54.9 cm³/mol. The molecule has 1 aromatic rings. The zero-order valence-electron chi connectivity index (χ0n) is 7.12. The van der Waals surface area contributed by atoms with Crippen LogP contribution in [-0.2, 0) is 14.4 Å². The highest BCUT2D eigenvalue weighted by Crippen LogP contribution is 2.26. The smallest absolute Gasteiger partial charge is 0.243 e. The molecule has 0 radical (unpaired) electrons. The molecule has 0 aromatic carbocycles. The molecular formula is C7H5BrClF2NO2S. The van der Waals surface area contributed by atoms with Crippen molar-refractivity contribution >= 4 is 35.7 Å². The van der Waals surface area contributed by atoms with Gasteiger partial charge in [-0.3, -0.25) is 0 Å². The summed E-state index contributed by atoms with van der Waals surface area (Å²) in [4.78, 5) is 3.36. The van der Waals surface area contributed by atoms with Crippen LogP contribution in [0.3, 0.4) is 0 Å². The van der Waals surface area contributed by atoms with Gasteiger partial charge in [0.25, 0.3) is 15.5 Å². The number of alkyl halides is 3. The lowest BCUT2D eigenvalue weighted by atomic mass is 10.2. The molecule has 1 rings (SSSR count). The molecular weight excluding hydrogens is 316 g/mol. The summed E-state index contributed by atoms with van der Waals surface area (Å²) in [5.74, 6) is 0. The standard InChI is InChI=1S/C7H5BrClF2NO2S/c8-2-4-1-6(15(9,13)14)12-3-5(4)7(10)11/h1,3,7H,2H2. The SMILES string of the molecule is O=S(=O)(Cl)c1cc(CBr)c(C(F)F)cn1. The molecule has 0 aliphatic heterocycles. The van der Waals surface area contributed by atoms with Gasteiger partial charge in [0.05, 0.1) is 0 Å². The van der Waals surface area contributed by atoms with Crippen LogP contribution in [0.1, 0.15) is 17.6 Å². The molecule has 0 bridgehead atoms. The molecule has 0 amide bonds. The maximum Gasteiger partial charge on any atom is 0.278 e. The van der Waals surface area contributed by atoms with Crippen molar-refractivity contribution in [1.29, 1.82) is 0 Å². The summed E-state index contributed by atoms with van der Waals surface area (Å²) in [6.45, 7) is 0. The van der Waals surface area contributed by atoms with Gasteiger partial charge in [0.15, 0.2) is 5.03 Å². The van der Waals surface area contributed by atoms with Gasteiger partial charge in [0, 0.05) is 27.8 Å². The molecule has 8 heteroatoms. The van der Waals surface area contributed by atoms with Crippen molar-refractivity contribution in [1.82, 2.24) is 4.98 Å². The first kappa shape index (κ1) is 12.8. The van der Waals surface area contributed by atoms with Gasteiger partial charge < -0.3 is 0 Å². The van der Waals surface area contributed by atoms with E-state index < -0.39 is 20.5 Å². The van der Waals surface area contributed by atoms with Gasteiger partial charge in [0.1, 0.15) is 0 Å². The summed E-state index contributed by atoms with van der Waals surface area (Å²) < 4.78 is 46.6. The van der Waals surface area contributed by atoms with Gasteiger partial charge in [-0.2, -0.15) is 0 Å². The number of rotatable bonds is 3. The summed E-state index contributed by atoms with van der Waals surface area (Å²) in [6, 6.07) is 1.03. The van der Waals surface area contributed by atoms with E-state index in [0.29, 0.717) is 0 Å². The van der Waals surface area contributed by atoms with E-state index in [1.165, 1.54) is 0 Å². The lowest BCUT2D eigenvalue weighted by Crippen LogP contribution is -2.00. The fraction of sp³-hybridized carbons (Fsp3) is 0.286. The van der Waals surface area contributed by atoms with Crippen molar-refractivity contribution in [3.8, 4) is 0 Å². The molecule has 0 aliphatic carbocycles. The number of halogens is 4. The van der Waals surface area contributed by atoms with Crippen LogP contribution in [0.5, 0.6) is 0 Å². The van der Waals surface area contributed by atoms with Crippen LogP contribution in [0.25, 0.3) is 0 Å². The number of nitrogens with zero attached hydrogens (tertiary/aromatic N) is 1. The fourth-order valence-corrected chi connectivity index (χ4v) is 2.13. The Kier molecular flexibility index (Phi) is 4.02. The minimum Gasteiger partial charge on any atom is -0.243 e. The Morgan fingerprint density at radius 2 is 2.13 bits per heavy atom. The third-order valence-electron chi connectivity index (χ3n) is 1.63. The molecule has 1 aromatic heterocycles. The van der Waals surface area contributed by atoms with E-state index >= 15 is 0 Å². The average molecular weight is 321 g/mol. The van der Waals surface area contributed by atoms with E-state index in [-0.39, 0.29) is 16.5 Å². The monoisotopic (exact) mass is 319 g/mol. The van der Waals surface area contributed by atoms with Crippen LogP contribution in [0.2, 0.25) is 0 Å². The summed E-state index contributed by atoms with van der Waals surface area (Å²) in [5.41, 5.74) is -0.157. The molecule has 0 saturated carbocycles. The molecule has 0 unspecified atom stereocenters. The van der Waals surface area contributed by atoms with E-state index in [0.717, 1.165) is 12.3 Å². The lowest BCUT2D eigenvalue weighted by molar-refractivity contribution is 0.150. The summed E-state index contributed by atoms with van der Waals surface area (Å²) in [5, 5.41) is -0.322. The molecule has 0 fully saturated rings. The van der Waals surface area contributed by atoms with Crippen LogP contribution in [-0.4, -0.2) is 13.4 Å². The highest BCUT2D eigenvalue weighted by molar-refractivity contribution is 9.08. The summed E-state index contributed by atoms with van der Waals surface area (Å²) >= 11 is 2.98. The first-order chi connectivity index (χ1) is 6.86. The average Bonchev–Trinajstić information content (AvgIpc) is 2.15. The van der Waals surface area contributed by atoms with Crippen LogP contribution < -0.4 is 0 Å². The minimum atomic E-state index is -3.98. The molecule has 0 saturated heterocycles. The number of hydrogen-bond donors (Lipinski definition) is 0. The molecule has 0 aliphatic rings. The van der Waals surface area contributed by atoms with Gasteiger partial charge >= 0.3 is 0 Å². The van der Waals surface area contributed by atoms with Crippen LogP contribution in [0.15, 0.2) is 17.3 Å². The van der Waals surface area contributed by atoms with E-state index in [4.69, 9.17) is 10.7 Å². The van der Waals surface area contributed by atoms with Crippen molar-refractivity contribution in [2.75, 3.05) is 0 Å². The van der Waals surface area contributed by atoms with Crippen molar-refractivity contribution in [2.45, 2.75) is 16.8 Å². The molecule has 1 heterocycles. The van der Waals surface area contributed by atoms with Crippen molar-refractivity contribution in [3.05, 3.63) is 23.4 Å². The zero-order chi connectivity index (χ0) is 11.6. The van der Waals surface area contributed by atoms with Gasteiger partial charge in [-0.25, -0.2) is 22.2 Å². The third kappa shape index (κ3) is 3.09. The highest BCUT2D eigenvalue weighted by Gasteiger charge is 2.18. The Morgan fingerprint density at radius 3 is 2.53 bits per heavy atom. The molecule has 0 atom stereocenters. The van der Waals surface area contributed by atoms with Gasteiger partial charge in [0.2, 0.25) is 0 Å². The predicted octanol–water partition coefficient (Wildman–Crippen LogP) is 2.84. The molecule has 84 valence electrons. The quantitative estimate of drug-likeness (QED) is 0.635. The second-order valence-electron chi connectivity index (χ2n) is 2.59. The maximum atomic E-state index is 12.4. The largest absolute Gasteiger partial charge is 0.278 e. The number of aromatic nitrogens is 1. The second-order valence-corrected chi connectivity index (χ2v) is 5.67. The van der Waals surface area contributed by atoms with Crippen LogP contribution in [0, 0.1) is 0 Å². The normalized spacial score (nSPS) is 12.1. The van der Waals surface area contributed by atoms with Gasteiger partial charge in [-0.15, -0.1) is 0 Å². The molecule has 0 N–H and O–H groups in total. The van der Waals surface area contributed by atoms with Crippen molar-refractivity contribution in [3.63, 3.8) is 0 Å².